The van der Waals surface area contributed by atoms with E-state index in [0.29, 0.717) is 0 Å². The lowest BCUT2D eigenvalue weighted by Crippen LogP contribution is -2.36. The Bertz CT molecular complexity index is 223. The Balaban J connectivity index is 1.88. The Hall–Kier alpha value is -0.660. The lowest BCUT2D eigenvalue weighted by molar-refractivity contribution is -0.139. The van der Waals surface area contributed by atoms with Crippen molar-refractivity contribution in [1.29, 1.82) is 0 Å². The fraction of sp³-hybridized carbons (Fsp3) is 0.833. The highest BCUT2D eigenvalue weighted by atomic mass is 16.2. The first-order valence-electron chi connectivity index (χ1n) is 5.77. The Morgan fingerprint density at radius 2 is 1.29 bits per heavy atom. The van der Waals surface area contributed by atoms with Gasteiger partial charge in [0.15, 0.2) is 0 Å². The molecule has 78 valence electrons. The molecule has 0 amide bonds. The third-order valence-corrected chi connectivity index (χ3v) is 3.87. The standard InChI is InChI=1S/C12H18O2/c1-8(11(13)9-4-2-5-9)12(14)10-6-3-7-10/h8-10H,2-7H2,1H3. The van der Waals surface area contributed by atoms with Gasteiger partial charge in [0.25, 0.3) is 0 Å². The lowest BCUT2D eigenvalue weighted by atomic mass is 9.72. The molecule has 0 bridgehead atoms. The maximum atomic E-state index is 11.8. The Morgan fingerprint density at radius 1 is 0.929 bits per heavy atom. The van der Waals surface area contributed by atoms with Crippen molar-refractivity contribution in [3.8, 4) is 0 Å². The number of hydrogen-bond acceptors (Lipinski definition) is 2. The van der Waals surface area contributed by atoms with Gasteiger partial charge in [0.2, 0.25) is 0 Å². The molecule has 2 fully saturated rings. The largest absolute Gasteiger partial charge is 0.299 e. The molecule has 2 nitrogen and oxygen atoms in total. The molecule has 0 unspecified atom stereocenters. The van der Waals surface area contributed by atoms with Gasteiger partial charge in [-0.2, -0.15) is 0 Å². The number of Topliss-reactive ketones (excluding diaryl/α,β-unsaturated/α-hetero) is 2. The van der Waals surface area contributed by atoms with Crippen LogP contribution in [0.4, 0.5) is 0 Å². The SMILES string of the molecule is CC(C(=O)C1CCC1)C(=O)C1CCC1. The van der Waals surface area contributed by atoms with E-state index in [0.717, 1.165) is 25.7 Å². The van der Waals surface area contributed by atoms with Gasteiger partial charge in [-0.25, -0.2) is 0 Å². The predicted molar refractivity (Wildman–Crippen MR) is 53.9 cm³/mol. The summed E-state index contributed by atoms with van der Waals surface area (Å²) in [6.45, 7) is 1.81. The Kier molecular flexibility index (Phi) is 2.71. The molecule has 2 heteroatoms. The molecule has 0 heterocycles. The number of rotatable bonds is 4. The maximum Gasteiger partial charge on any atom is 0.146 e. The molecule has 0 aliphatic heterocycles. The second-order valence-corrected chi connectivity index (χ2v) is 4.78. The van der Waals surface area contributed by atoms with Crippen LogP contribution in [-0.2, 0) is 9.59 Å². The normalized spacial score (nSPS) is 23.0. The minimum atomic E-state index is -0.314. The van der Waals surface area contributed by atoms with E-state index in [1.807, 2.05) is 0 Å². The van der Waals surface area contributed by atoms with Gasteiger partial charge in [-0.05, 0) is 32.6 Å². The summed E-state index contributed by atoms with van der Waals surface area (Å²) in [6, 6.07) is 0. The van der Waals surface area contributed by atoms with Crippen LogP contribution in [0.1, 0.15) is 45.4 Å². The molecule has 2 rings (SSSR count). The summed E-state index contributed by atoms with van der Waals surface area (Å²) >= 11 is 0. The smallest absolute Gasteiger partial charge is 0.146 e. The van der Waals surface area contributed by atoms with Crippen molar-refractivity contribution in [3.05, 3.63) is 0 Å². The van der Waals surface area contributed by atoms with E-state index in [9.17, 15) is 9.59 Å². The quantitative estimate of drug-likeness (QED) is 0.644. The molecule has 0 aromatic carbocycles. The number of carbonyl (C=O) groups is 2. The van der Waals surface area contributed by atoms with E-state index in [2.05, 4.69) is 0 Å². The fourth-order valence-corrected chi connectivity index (χ4v) is 2.23. The predicted octanol–water partition coefficient (Wildman–Crippen LogP) is 2.36. The van der Waals surface area contributed by atoms with Crippen LogP contribution in [0.15, 0.2) is 0 Å². The highest BCUT2D eigenvalue weighted by Gasteiger charge is 2.36. The first-order chi connectivity index (χ1) is 6.70. The highest BCUT2D eigenvalue weighted by Crippen LogP contribution is 2.34. The van der Waals surface area contributed by atoms with Gasteiger partial charge >= 0.3 is 0 Å². The molecule has 0 radical (unpaired) electrons. The summed E-state index contributed by atoms with van der Waals surface area (Å²) in [5.41, 5.74) is 0. The minimum absolute atomic E-state index is 0.216. The van der Waals surface area contributed by atoms with Crippen LogP contribution in [0.2, 0.25) is 0 Å². The average molecular weight is 194 g/mol. The molecule has 2 aliphatic carbocycles. The average Bonchev–Trinajstić information content (AvgIpc) is 1.96. The van der Waals surface area contributed by atoms with Crippen molar-refractivity contribution in [2.45, 2.75) is 45.4 Å². The third kappa shape index (κ3) is 1.62. The van der Waals surface area contributed by atoms with Gasteiger partial charge in [0.1, 0.15) is 11.6 Å². The van der Waals surface area contributed by atoms with Gasteiger partial charge in [-0.3, -0.25) is 9.59 Å². The van der Waals surface area contributed by atoms with E-state index in [-0.39, 0.29) is 29.3 Å². The fourth-order valence-electron chi connectivity index (χ4n) is 2.23. The van der Waals surface area contributed by atoms with E-state index < -0.39 is 0 Å². The summed E-state index contributed by atoms with van der Waals surface area (Å²) in [5, 5.41) is 0. The van der Waals surface area contributed by atoms with Crippen molar-refractivity contribution >= 4 is 11.6 Å². The lowest BCUT2D eigenvalue weighted by Gasteiger charge is -2.30. The summed E-state index contributed by atoms with van der Waals surface area (Å²) in [7, 11) is 0. The molecule has 0 aromatic rings. The molecular weight excluding hydrogens is 176 g/mol. The zero-order valence-electron chi connectivity index (χ0n) is 8.79. The number of carbonyl (C=O) groups excluding carboxylic acids is 2. The molecule has 14 heavy (non-hydrogen) atoms. The second-order valence-electron chi connectivity index (χ2n) is 4.78. The van der Waals surface area contributed by atoms with E-state index in [1.54, 1.807) is 6.92 Å². The maximum absolute atomic E-state index is 11.8. The first kappa shape index (κ1) is 9.88. The number of hydrogen-bond donors (Lipinski definition) is 0. The van der Waals surface area contributed by atoms with Crippen LogP contribution in [-0.4, -0.2) is 11.6 Å². The summed E-state index contributed by atoms with van der Waals surface area (Å²) in [6.07, 6.45) is 6.39. The van der Waals surface area contributed by atoms with Crippen molar-refractivity contribution in [1.82, 2.24) is 0 Å². The van der Waals surface area contributed by atoms with Gasteiger partial charge in [-0.15, -0.1) is 0 Å². The van der Waals surface area contributed by atoms with Gasteiger partial charge in [0.05, 0.1) is 5.92 Å². The van der Waals surface area contributed by atoms with Gasteiger partial charge in [-0.1, -0.05) is 12.8 Å². The summed E-state index contributed by atoms with van der Waals surface area (Å²) in [4.78, 5) is 23.6. The minimum Gasteiger partial charge on any atom is -0.299 e. The molecule has 0 aromatic heterocycles. The Morgan fingerprint density at radius 3 is 1.50 bits per heavy atom. The highest BCUT2D eigenvalue weighted by molar-refractivity contribution is 6.04. The molecule has 0 atom stereocenters. The van der Waals surface area contributed by atoms with Crippen LogP contribution < -0.4 is 0 Å². The zero-order chi connectivity index (χ0) is 10.1. The van der Waals surface area contributed by atoms with Crippen molar-refractivity contribution in [2.75, 3.05) is 0 Å². The van der Waals surface area contributed by atoms with Crippen molar-refractivity contribution in [3.63, 3.8) is 0 Å². The van der Waals surface area contributed by atoms with E-state index >= 15 is 0 Å². The molecular formula is C12H18O2. The first-order valence-corrected chi connectivity index (χ1v) is 5.77. The van der Waals surface area contributed by atoms with Crippen LogP contribution in [0.3, 0.4) is 0 Å². The van der Waals surface area contributed by atoms with Crippen molar-refractivity contribution in [2.24, 2.45) is 17.8 Å². The topological polar surface area (TPSA) is 34.1 Å². The third-order valence-electron chi connectivity index (χ3n) is 3.87. The molecule has 2 saturated carbocycles. The zero-order valence-corrected chi connectivity index (χ0v) is 8.79. The van der Waals surface area contributed by atoms with Crippen LogP contribution in [0.25, 0.3) is 0 Å². The van der Waals surface area contributed by atoms with Crippen LogP contribution in [0.5, 0.6) is 0 Å². The monoisotopic (exact) mass is 194 g/mol. The molecule has 0 N–H and O–H groups in total. The summed E-state index contributed by atoms with van der Waals surface area (Å²) < 4.78 is 0. The Labute approximate surface area is 85.1 Å². The van der Waals surface area contributed by atoms with Crippen LogP contribution >= 0.6 is 0 Å². The van der Waals surface area contributed by atoms with Crippen LogP contribution in [0, 0.1) is 17.8 Å². The van der Waals surface area contributed by atoms with E-state index in [1.165, 1.54) is 12.8 Å². The molecule has 0 spiro atoms. The number of ketones is 2. The second kappa shape index (κ2) is 3.84. The van der Waals surface area contributed by atoms with E-state index in [4.69, 9.17) is 0 Å². The van der Waals surface area contributed by atoms with Gasteiger partial charge in [0, 0.05) is 11.8 Å². The molecule has 0 saturated heterocycles. The van der Waals surface area contributed by atoms with Gasteiger partial charge < -0.3 is 0 Å². The molecule has 2 aliphatic rings. The van der Waals surface area contributed by atoms with Crippen molar-refractivity contribution < 1.29 is 9.59 Å². The summed E-state index contributed by atoms with van der Waals surface area (Å²) in [5.74, 6) is 0.551.